The van der Waals surface area contributed by atoms with E-state index in [9.17, 15) is 9.18 Å². The van der Waals surface area contributed by atoms with Crippen LogP contribution in [-0.2, 0) is 9.47 Å². The summed E-state index contributed by atoms with van der Waals surface area (Å²) in [6.07, 6.45) is 4.83. The van der Waals surface area contributed by atoms with E-state index in [0.29, 0.717) is 81.8 Å². The molecule has 2 atom stereocenters. The second kappa shape index (κ2) is 12.5. The number of rotatable bonds is 7. The Morgan fingerprint density at radius 3 is 2.57 bits per heavy atom. The highest BCUT2D eigenvalue weighted by molar-refractivity contribution is 5.77. The van der Waals surface area contributed by atoms with Gasteiger partial charge in [-0.3, -0.25) is 4.90 Å². The molecule has 0 N–H and O–H groups in total. The van der Waals surface area contributed by atoms with Crippen LogP contribution in [0, 0.1) is 0 Å². The zero-order valence-electron chi connectivity index (χ0n) is 27.0. The first kappa shape index (κ1) is 30.9. The van der Waals surface area contributed by atoms with Crippen LogP contribution in [0.2, 0.25) is 0 Å². The quantitative estimate of drug-likeness (QED) is 0.352. The van der Waals surface area contributed by atoms with E-state index in [1.165, 1.54) is 0 Å². The largest absolute Gasteiger partial charge is 0.461 e. The monoisotopic (exact) mass is 637 g/mol. The van der Waals surface area contributed by atoms with E-state index in [0.717, 1.165) is 37.9 Å². The van der Waals surface area contributed by atoms with E-state index in [1.807, 2.05) is 45.0 Å². The van der Waals surface area contributed by atoms with Gasteiger partial charge in [-0.25, -0.2) is 14.2 Å². The number of hydrogen-bond acceptors (Lipinski definition) is 10. The molecule has 0 radical (unpaired) electrons. The maximum absolute atomic E-state index is 14.4. The molecule has 6 heterocycles. The number of carbonyl (C=O) groups is 1. The summed E-state index contributed by atoms with van der Waals surface area (Å²) in [5.74, 6) is 0.997. The van der Waals surface area contributed by atoms with Gasteiger partial charge < -0.3 is 33.3 Å². The number of fused-ring (bicyclic) bond motifs is 2. The number of halogens is 1. The lowest BCUT2D eigenvalue weighted by atomic mass is 9.95. The maximum Gasteiger partial charge on any atom is 0.410 e. The Labute approximate surface area is 268 Å². The van der Waals surface area contributed by atoms with Crippen LogP contribution in [-0.4, -0.2) is 112 Å². The Bertz CT molecular complexity index is 1530. The number of ether oxygens (including phenoxy) is 4. The number of carbonyl (C=O) groups excluding carboxylic acids is 1. The van der Waals surface area contributed by atoms with Crippen molar-refractivity contribution in [1.82, 2.24) is 29.3 Å². The van der Waals surface area contributed by atoms with Crippen molar-refractivity contribution in [3.63, 3.8) is 0 Å². The second-order valence-electron chi connectivity index (χ2n) is 13.9. The van der Waals surface area contributed by atoms with E-state index in [4.69, 9.17) is 23.9 Å². The van der Waals surface area contributed by atoms with Gasteiger partial charge in [0.2, 0.25) is 0 Å². The molecule has 1 amide bonds. The van der Waals surface area contributed by atoms with E-state index < -0.39 is 11.8 Å². The lowest BCUT2D eigenvalue weighted by molar-refractivity contribution is 0.0240. The molecule has 1 aromatic carbocycles. The standard InChI is InChI=1S/C33H44FN7O5/c1-32(2,3)46-31(42)39-15-13-38(14-16-39)24-5-7-26(8-6-24)45-29-27-28(35-22-41(27)25-9-17-43-18-10-25)36-30(37-29)44-21-33-11-4-12-40(33)20-23(34)19-33/h5-8,22-23,25H,4,9-21H2,1-3H3/t23-,33+/m1/s1. The van der Waals surface area contributed by atoms with Crippen molar-refractivity contribution < 1.29 is 28.1 Å². The first-order chi connectivity index (χ1) is 22.2. The molecule has 0 spiro atoms. The van der Waals surface area contributed by atoms with Gasteiger partial charge in [0.15, 0.2) is 11.2 Å². The third-order valence-corrected chi connectivity index (χ3v) is 9.54. The summed E-state index contributed by atoms with van der Waals surface area (Å²) in [6, 6.07) is 8.27. The molecule has 4 aliphatic rings. The number of amides is 1. The highest BCUT2D eigenvalue weighted by Crippen LogP contribution is 2.41. The Hall–Kier alpha value is -3.71. The van der Waals surface area contributed by atoms with Gasteiger partial charge in [-0.1, -0.05) is 0 Å². The smallest absolute Gasteiger partial charge is 0.410 e. The highest BCUT2D eigenvalue weighted by Gasteiger charge is 2.49. The van der Waals surface area contributed by atoms with E-state index >= 15 is 0 Å². The number of alkyl halides is 1. The summed E-state index contributed by atoms with van der Waals surface area (Å²) in [4.78, 5) is 32.8. The fourth-order valence-corrected chi connectivity index (χ4v) is 7.23. The number of piperazine rings is 1. The maximum atomic E-state index is 14.4. The summed E-state index contributed by atoms with van der Waals surface area (Å²) < 4.78 is 40.3. The van der Waals surface area contributed by atoms with Crippen molar-refractivity contribution in [3.05, 3.63) is 30.6 Å². The summed E-state index contributed by atoms with van der Waals surface area (Å²) in [6.45, 7) is 11.3. The molecular formula is C33H44FN7O5. The molecule has 12 nitrogen and oxygen atoms in total. The predicted molar refractivity (Wildman–Crippen MR) is 169 cm³/mol. The van der Waals surface area contributed by atoms with Gasteiger partial charge in [-0.2, -0.15) is 9.97 Å². The van der Waals surface area contributed by atoms with Crippen LogP contribution in [0.4, 0.5) is 14.9 Å². The normalized spacial score (nSPS) is 24.4. The van der Waals surface area contributed by atoms with Crippen LogP contribution in [0.25, 0.3) is 11.2 Å². The van der Waals surface area contributed by atoms with E-state index in [2.05, 4.69) is 24.3 Å². The molecular weight excluding hydrogens is 593 g/mol. The van der Waals surface area contributed by atoms with Crippen molar-refractivity contribution in [2.75, 3.05) is 64.0 Å². The van der Waals surface area contributed by atoms with E-state index in [-0.39, 0.29) is 23.7 Å². The molecule has 13 heteroatoms. The molecule has 0 unspecified atom stereocenters. The molecule has 2 aromatic heterocycles. The minimum atomic E-state index is -0.835. The second-order valence-corrected chi connectivity index (χ2v) is 13.9. The molecule has 46 heavy (non-hydrogen) atoms. The SMILES string of the molecule is CC(C)(C)OC(=O)N1CCN(c2ccc(Oc3nc(OC[C@@]45CCCN4C[C@H](F)C5)nc4ncn(C5CCOCC5)c34)cc2)CC1. The van der Waals surface area contributed by atoms with Crippen LogP contribution >= 0.6 is 0 Å². The van der Waals surface area contributed by atoms with Crippen molar-refractivity contribution in [1.29, 1.82) is 0 Å². The van der Waals surface area contributed by atoms with Crippen LogP contribution in [0.5, 0.6) is 17.6 Å². The molecule has 4 saturated heterocycles. The minimum absolute atomic E-state index is 0.183. The van der Waals surface area contributed by atoms with Gasteiger partial charge in [0.1, 0.15) is 24.1 Å². The molecule has 4 aliphatic heterocycles. The fourth-order valence-electron chi connectivity index (χ4n) is 7.23. The van der Waals surface area contributed by atoms with Crippen molar-refractivity contribution in [3.8, 4) is 17.6 Å². The average molecular weight is 638 g/mol. The Morgan fingerprint density at radius 1 is 1.07 bits per heavy atom. The minimum Gasteiger partial charge on any atom is -0.461 e. The van der Waals surface area contributed by atoms with Crippen LogP contribution < -0.4 is 14.4 Å². The first-order valence-electron chi connectivity index (χ1n) is 16.5. The van der Waals surface area contributed by atoms with Crippen molar-refractivity contribution in [2.45, 2.75) is 76.2 Å². The summed E-state index contributed by atoms with van der Waals surface area (Å²) >= 11 is 0. The average Bonchev–Trinajstić information content (AvgIpc) is 3.72. The molecule has 3 aromatic rings. The van der Waals surface area contributed by atoms with Gasteiger partial charge in [-0.05, 0) is 77.3 Å². The highest BCUT2D eigenvalue weighted by atomic mass is 19.1. The van der Waals surface area contributed by atoms with Gasteiger partial charge in [0, 0.05) is 64.1 Å². The van der Waals surface area contributed by atoms with Gasteiger partial charge in [0.25, 0.3) is 5.88 Å². The third-order valence-electron chi connectivity index (χ3n) is 9.54. The fraction of sp³-hybridized carbons (Fsp3) is 0.636. The molecule has 7 rings (SSSR count). The zero-order chi connectivity index (χ0) is 31.9. The number of anilines is 1. The summed E-state index contributed by atoms with van der Waals surface area (Å²) in [7, 11) is 0. The van der Waals surface area contributed by atoms with Crippen LogP contribution in [0.1, 0.15) is 58.9 Å². The Morgan fingerprint density at radius 2 is 1.83 bits per heavy atom. The topological polar surface area (TPSA) is 107 Å². The van der Waals surface area contributed by atoms with Crippen molar-refractivity contribution in [2.24, 2.45) is 0 Å². The summed E-state index contributed by atoms with van der Waals surface area (Å²) in [5.41, 5.74) is 1.44. The lowest BCUT2D eigenvalue weighted by Crippen LogP contribution is -2.50. The lowest BCUT2D eigenvalue weighted by Gasteiger charge is -2.36. The number of imidazole rings is 1. The number of hydrogen-bond donors (Lipinski definition) is 0. The molecule has 0 saturated carbocycles. The number of nitrogens with zero attached hydrogens (tertiary/aromatic N) is 7. The molecule has 0 aliphatic carbocycles. The summed E-state index contributed by atoms with van der Waals surface area (Å²) in [5, 5.41) is 0. The molecule has 248 valence electrons. The number of benzene rings is 1. The van der Waals surface area contributed by atoms with Gasteiger partial charge in [-0.15, -0.1) is 0 Å². The van der Waals surface area contributed by atoms with Crippen LogP contribution in [0.15, 0.2) is 30.6 Å². The molecule has 0 bridgehead atoms. The third kappa shape index (κ3) is 6.44. The molecule has 4 fully saturated rings. The zero-order valence-corrected chi connectivity index (χ0v) is 27.0. The van der Waals surface area contributed by atoms with Gasteiger partial charge >= 0.3 is 12.1 Å². The van der Waals surface area contributed by atoms with Gasteiger partial charge in [0.05, 0.1) is 11.9 Å². The first-order valence-corrected chi connectivity index (χ1v) is 16.5. The predicted octanol–water partition coefficient (Wildman–Crippen LogP) is 4.98. The Balaban J connectivity index is 1.09. The van der Waals surface area contributed by atoms with Crippen LogP contribution in [0.3, 0.4) is 0 Å². The number of aromatic nitrogens is 4. The van der Waals surface area contributed by atoms with E-state index in [1.54, 1.807) is 11.2 Å². The van der Waals surface area contributed by atoms with Crippen molar-refractivity contribution >= 4 is 22.9 Å². The Kier molecular flexibility index (Phi) is 8.39.